The van der Waals surface area contributed by atoms with E-state index < -0.39 is 6.10 Å². The molecule has 2 N–H and O–H groups in total. The van der Waals surface area contributed by atoms with E-state index in [-0.39, 0.29) is 11.5 Å². The SMILES string of the molecule is COC1(CC(=O)NC[C@H](C)O)CCC1. The zero-order chi connectivity index (χ0) is 10.6. The summed E-state index contributed by atoms with van der Waals surface area (Å²) in [6, 6.07) is 0. The average Bonchev–Trinajstić information content (AvgIpc) is 2.08. The summed E-state index contributed by atoms with van der Waals surface area (Å²) in [5, 5.41) is 11.7. The third-order valence-electron chi connectivity index (χ3n) is 2.78. The Bertz CT molecular complexity index is 194. The van der Waals surface area contributed by atoms with E-state index in [4.69, 9.17) is 9.84 Å². The molecule has 0 aromatic carbocycles. The van der Waals surface area contributed by atoms with Gasteiger partial charge in [0.25, 0.3) is 0 Å². The number of carbonyl (C=O) groups is 1. The van der Waals surface area contributed by atoms with Crippen molar-refractivity contribution in [2.75, 3.05) is 13.7 Å². The second kappa shape index (κ2) is 4.75. The van der Waals surface area contributed by atoms with Crippen molar-refractivity contribution in [1.29, 1.82) is 0 Å². The van der Waals surface area contributed by atoms with Crippen LogP contribution in [0.4, 0.5) is 0 Å². The fourth-order valence-electron chi connectivity index (χ4n) is 1.64. The molecule has 1 amide bonds. The van der Waals surface area contributed by atoms with Crippen LogP contribution in [0.2, 0.25) is 0 Å². The minimum absolute atomic E-state index is 0.0348. The molecule has 0 aromatic heterocycles. The molecule has 4 nitrogen and oxygen atoms in total. The van der Waals surface area contributed by atoms with Crippen LogP contribution in [-0.2, 0) is 9.53 Å². The first kappa shape index (κ1) is 11.5. The number of aliphatic hydroxyl groups is 1. The second-order valence-corrected chi connectivity index (χ2v) is 4.07. The Kier molecular flexibility index (Phi) is 3.89. The van der Waals surface area contributed by atoms with Gasteiger partial charge in [-0.25, -0.2) is 0 Å². The maximum atomic E-state index is 11.4. The molecule has 0 radical (unpaired) electrons. The number of hydrogen-bond donors (Lipinski definition) is 2. The summed E-state index contributed by atoms with van der Waals surface area (Å²) in [5.74, 6) is -0.0348. The number of nitrogens with one attached hydrogen (secondary N) is 1. The number of aliphatic hydroxyl groups excluding tert-OH is 1. The van der Waals surface area contributed by atoms with Gasteiger partial charge in [-0.2, -0.15) is 0 Å². The van der Waals surface area contributed by atoms with Crippen molar-refractivity contribution in [3.05, 3.63) is 0 Å². The molecule has 0 aromatic rings. The number of carbonyl (C=O) groups excluding carboxylic acids is 1. The molecule has 82 valence electrons. The molecule has 0 unspecified atom stereocenters. The lowest BCUT2D eigenvalue weighted by Crippen LogP contribution is -2.44. The van der Waals surface area contributed by atoms with E-state index in [0.717, 1.165) is 19.3 Å². The highest BCUT2D eigenvalue weighted by Gasteiger charge is 2.38. The van der Waals surface area contributed by atoms with Crippen molar-refractivity contribution in [2.45, 2.75) is 44.3 Å². The Hall–Kier alpha value is -0.610. The lowest BCUT2D eigenvalue weighted by Gasteiger charge is -2.39. The van der Waals surface area contributed by atoms with Crippen LogP contribution < -0.4 is 5.32 Å². The van der Waals surface area contributed by atoms with Crippen molar-refractivity contribution in [3.8, 4) is 0 Å². The smallest absolute Gasteiger partial charge is 0.222 e. The monoisotopic (exact) mass is 201 g/mol. The van der Waals surface area contributed by atoms with Crippen LogP contribution in [0, 0.1) is 0 Å². The molecule has 0 saturated heterocycles. The summed E-state index contributed by atoms with van der Waals surface area (Å²) in [5.41, 5.74) is -0.219. The van der Waals surface area contributed by atoms with Crippen LogP contribution in [0.1, 0.15) is 32.6 Å². The van der Waals surface area contributed by atoms with Gasteiger partial charge in [-0.1, -0.05) is 0 Å². The third-order valence-corrected chi connectivity index (χ3v) is 2.78. The van der Waals surface area contributed by atoms with E-state index in [1.165, 1.54) is 0 Å². The molecular formula is C10H19NO3. The summed E-state index contributed by atoms with van der Waals surface area (Å²) in [4.78, 5) is 11.4. The van der Waals surface area contributed by atoms with Crippen LogP contribution in [0.3, 0.4) is 0 Å². The van der Waals surface area contributed by atoms with Gasteiger partial charge in [-0.3, -0.25) is 4.79 Å². The normalized spacial score (nSPS) is 21.1. The van der Waals surface area contributed by atoms with Crippen LogP contribution >= 0.6 is 0 Å². The molecule has 0 spiro atoms. The van der Waals surface area contributed by atoms with Crippen molar-refractivity contribution in [3.63, 3.8) is 0 Å². The predicted molar refractivity (Wildman–Crippen MR) is 52.9 cm³/mol. The Morgan fingerprint density at radius 3 is 2.64 bits per heavy atom. The molecular weight excluding hydrogens is 182 g/mol. The van der Waals surface area contributed by atoms with E-state index in [9.17, 15) is 4.79 Å². The highest BCUT2D eigenvalue weighted by molar-refractivity contribution is 5.77. The van der Waals surface area contributed by atoms with Gasteiger partial charge >= 0.3 is 0 Å². The quantitative estimate of drug-likeness (QED) is 0.678. The van der Waals surface area contributed by atoms with Crippen molar-refractivity contribution >= 4 is 5.91 Å². The first-order valence-corrected chi connectivity index (χ1v) is 5.08. The fourth-order valence-corrected chi connectivity index (χ4v) is 1.64. The molecule has 4 heteroatoms. The van der Waals surface area contributed by atoms with Crippen LogP contribution in [0.25, 0.3) is 0 Å². The molecule has 14 heavy (non-hydrogen) atoms. The predicted octanol–water partition coefficient (Wildman–Crippen LogP) is 0.443. The van der Waals surface area contributed by atoms with Crippen LogP contribution in [0.5, 0.6) is 0 Å². The van der Waals surface area contributed by atoms with Crippen molar-refractivity contribution in [1.82, 2.24) is 5.32 Å². The average molecular weight is 201 g/mol. The lowest BCUT2D eigenvalue weighted by atomic mass is 9.77. The van der Waals surface area contributed by atoms with Crippen LogP contribution in [0.15, 0.2) is 0 Å². The number of rotatable bonds is 5. The number of hydrogen-bond acceptors (Lipinski definition) is 3. The van der Waals surface area contributed by atoms with Crippen molar-refractivity contribution < 1.29 is 14.6 Å². The topological polar surface area (TPSA) is 58.6 Å². The Balaban J connectivity index is 2.25. The van der Waals surface area contributed by atoms with Gasteiger partial charge in [-0.05, 0) is 26.2 Å². The molecule has 1 aliphatic rings. The van der Waals surface area contributed by atoms with Crippen LogP contribution in [-0.4, -0.2) is 36.4 Å². The highest BCUT2D eigenvalue weighted by atomic mass is 16.5. The van der Waals surface area contributed by atoms with Gasteiger partial charge in [-0.15, -0.1) is 0 Å². The van der Waals surface area contributed by atoms with E-state index in [1.54, 1.807) is 14.0 Å². The Labute approximate surface area is 84.6 Å². The van der Waals surface area contributed by atoms with Gasteiger partial charge in [0.05, 0.1) is 18.1 Å². The molecule has 1 rings (SSSR count). The Morgan fingerprint density at radius 1 is 1.64 bits per heavy atom. The molecule has 0 heterocycles. The molecule has 1 saturated carbocycles. The standard InChI is InChI=1S/C10H19NO3/c1-8(12)7-11-9(13)6-10(14-2)4-3-5-10/h8,12H,3-7H2,1-2H3,(H,11,13)/t8-/m0/s1. The summed E-state index contributed by atoms with van der Waals surface area (Å²) < 4.78 is 5.33. The zero-order valence-electron chi connectivity index (χ0n) is 8.88. The number of methoxy groups -OCH3 is 1. The maximum Gasteiger partial charge on any atom is 0.222 e. The van der Waals surface area contributed by atoms with E-state index in [0.29, 0.717) is 13.0 Å². The molecule has 1 fully saturated rings. The molecule has 0 bridgehead atoms. The second-order valence-electron chi connectivity index (χ2n) is 4.07. The minimum atomic E-state index is -0.487. The molecule has 1 atom stereocenters. The van der Waals surface area contributed by atoms with Gasteiger partial charge in [0, 0.05) is 13.7 Å². The van der Waals surface area contributed by atoms with Gasteiger partial charge in [0.2, 0.25) is 5.91 Å². The van der Waals surface area contributed by atoms with Gasteiger partial charge in [0.15, 0.2) is 0 Å². The third kappa shape index (κ3) is 2.96. The zero-order valence-corrected chi connectivity index (χ0v) is 8.88. The minimum Gasteiger partial charge on any atom is -0.392 e. The maximum absolute atomic E-state index is 11.4. The van der Waals surface area contributed by atoms with Gasteiger partial charge in [0.1, 0.15) is 0 Å². The fraction of sp³-hybridized carbons (Fsp3) is 0.900. The van der Waals surface area contributed by atoms with E-state index >= 15 is 0 Å². The summed E-state index contributed by atoms with van der Waals surface area (Å²) in [6.07, 6.45) is 2.99. The van der Waals surface area contributed by atoms with E-state index in [1.807, 2.05) is 0 Å². The highest BCUT2D eigenvalue weighted by Crippen LogP contribution is 2.37. The van der Waals surface area contributed by atoms with Crippen molar-refractivity contribution in [2.24, 2.45) is 0 Å². The summed E-state index contributed by atoms with van der Waals surface area (Å²) in [6.45, 7) is 1.97. The Morgan fingerprint density at radius 2 is 2.29 bits per heavy atom. The summed E-state index contributed by atoms with van der Waals surface area (Å²) >= 11 is 0. The van der Waals surface area contributed by atoms with Gasteiger partial charge < -0.3 is 15.2 Å². The number of amides is 1. The van der Waals surface area contributed by atoms with E-state index in [2.05, 4.69) is 5.32 Å². The molecule has 1 aliphatic carbocycles. The summed E-state index contributed by atoms with van der Waals surface area (Å²) in [7, 11) is 1.65. The first-order chi connectivity index (χ1) is 6.58. The largest absolute Gasteiger partial charge is 0.392 e. The number of ether oxygens (including phenoxy) is 1. The first-order valence-electron chi connectivity index (χ1n) is 5.08. The lowest BCUT2D eigenvalue weighted by molar-refractivity contribution is -0.134. The molecule has 0 aliphatic heterocycles.